The highest BCUT2D eigenvalue weighted by Gasteiger charge is 2.21. The van der Waals surface area contributed by atoms with Crippen LogP contribution in [0.5, 0.6) is 0 Å². The lowest BCUT2D eigenvalue weighted by atomic mass is 10.0. The minimum atomic E-state index is -0.506. The lowest BCUT2D eigenvalue weighted by Gasteiger charge is -2.20. The van der Waals surface area contributed by atoms with Crippen molar-refractivity contribution in [3.8, 4) is 0 Å². The highest BCUT2D eigenvalue weighted by atomic mass is 35.5. The minimum Gasteiger partial charge on any atom is -0.409 e. The summed E-state index contributed by atoms with van der Waals surface area (Å²) in [4.78, 5) is 12.3. The largest absolute Gasteiger partial charge is 0.409 e. The van der Waals surface area contributed by atoms with E-state index in [9.17, 15) is 4.79 Å². The number of carbonyl (C=O) groups is 1. The van der Waals surface area contributed by atoms with Gasteiger partial charge in [0.1, 0.15) is 0 Å². The van der Waals surface area contributed by atoms with Crippen molar-refractivity contribution in [2.75, 3.05) is 0 Å². The van der Waals surface area contributed by atoms with Crippen LogP contribution >= 0.6 is 22.9 Å². The molecule has 0 spiro atoms. The minimum absolute atomic E-state index is 0.0176. The highest BCUT2D eigenvalue weighted by molar-refractivity contribution is 7.18. The smallest absolute Gasteiger partial charge is 0.262 e. The van der Waals surface area contributed by atoms with Crippen molar-refractivity contribution < 1.29 is 10.0 Å². The van der Waals surface area contributed by atoms with Gasteiger partial charge in [0.05, 0.1) is 15.3 Å². The fourth-order valence-electron chi connectivity index (χ4n) is 1.29. The van der Waals surface area contributed by atoms with E-state index < -0.39 is 6.04 Å². The number of oxime groups is 1. The van der Waals surface area contributed by atoms with E-state index in [4.69, 9.17) is 22.5 Å². The summed E-state index contributed by atoms with van der Waals surface area (Å²) in [5.41, 5.74) is 5.51. The maximum Gasteiger partial charge on any atom is 0.262 e. The molecule has 7 heteroatoms. The van der Waals surface area contributed by atoms with Gasteiger partial charge in [-0.15, -0.1) is 11.3 Å². The van der Waals surface area contributed by atoms with Crippen LogP contribution in [0.3, 0.4) is 0 Å². The standard InChI is InChI=1S/C10H14ClN3O2S/c1-5(2)8(9(12)14-16)13-10(15)6-3-4-7(11)17-6/h3-5,8,16H,1-2H3,(H2,12,14)(H,13,15). The summed E-state index contributed by atoms with van der Waals surface area (Å²) in [6, 6.07) is 2.77. The molecule has 0 aromatic carbocycles. The average molecular weight is 276 g/mol. The van der Waals surface area contributed by atoms with Crippen molar-refractivity contribution in [2.24, 2.45) is 16.8 Å². The summed E-state index contributed by atoms with van der Waals surface area (Å²) in [5, 5.41) is 14.2. The van der Waals surface area contributed by atoms with E-state index in [1.165, 1.54) is 11.3 Å². The molecule has 0 saturated heterocycles. The number of hydrogen-bond donors (Lipinski definition) is 3. The lowest BCUT2D eigenvalue weighted by Crippen LogP contribution is -2.47. The molecule has 1 unspecified atom stereocenters. The Morgan fingerprint density at radius 1 is 1.59 bits per heavy atom. The Bertz CT molecular complexity index is 431. The maximum absolute atomic E-state index is 11.8. The van der Waals surface area contributed by atoms with E-state index in [0.29, 0.717) is 9.21 Å². The molecular formula is C10H14ClN3O2S. The average Bonchev–Trinajstić information content (AvgIpc) is 2.71. The molecule has 4 N–H and O–H groups in total. The quantitative estimate of drug-likeness (QED) is 0.339. The van der Waals surface area contributed by atoms with Crippen LogP contribution in [0.15, 0.2) is 17.3 Å². The van der Waals surface area contributed by atoms with Gasteiger partial charge in [-0.2, -0.15) is 0 Å². The topological polar surface area (TPSA) is 87.7 Å². The van der Waals surface area contributed by atoms with Crippen LogP contribution in [0.4, 0.5) is 0 Å². The predicted octanol–water partition coefficient (Wildman–Crippen LogP) is 1.90. The fourth-order valence-corrected chi connectivity index (χ4v) is 2.24. The predicted molar refractivity (Wildman–Crippen MR) is 68.8 cm³/mol. The zero-order valence-electron chi connectivity index (χ0n) is 9.48. The van der Waals surface area contributed by atoms with E-state index in [1.807, 2.05) is 13.8 Å². The van der Waals surface area contributed by atoms with Crippen LogP contribution in [-0.4, -0.2) is 23.0 Å². The molecule has 0 bridgehead atoms. The van der Waals surface area contributed by atoms with E-state index in [-0.39, 0.29) is 17.7 Å². The molecule has 0 radical (unpaired) electrons. The van der Waals surface area contributed by atoms with Crippen LogP contribution in [0.2, 0.25) is 4.34 Å². The van der Waals surface area contributed by atoms with E-state index >= 15 is 0 Å². The van der Waals surface area contributed by atoms with Gasteiger partial charge >= 0.3 is 0 Å². The normalized spacial score (nSPS) is 13.8. The van der Waals surface area contributed by atoms with Gasteiger partial charge in [0.2, 0.25) is 0 Å². The summed E-state index contributed by atoms with van der Waals surface area (Å²) in [5.74, 6) is -0.284. The van der Waals surface area contributed by atoms with E-state index in [0.717, 1.165) is 0 Å². The monoisotopic (exact) mass is 275 g/mol. The molecule has 0 aliphatic heterocycles. The molecule has 1 rings (SSSR count). The summed E-state index contributed by atoms with van der Waals surface area (Å²) >= 11 is 6.92. The van der Waals surface area contributed by atoms with Gasteiger partial charge < -0.3 is 16.3 Å². The highest BCUT2D eigenvalue weighted by Crippen LogP contribution is 2.21. The molecule has 0 aliphatic rings. The maximum atomic E-state index is 11.8. The summed E-state index contributed by atoms with van der Waals surface area (Å²) in [6.45, 7) is 3.73. The third-order valence-corrected chi connectivity index (χ3v) is 3.41. The number of hydrogen-bond acceptors (Lipinski definition) is 4. The Hall–Kier alpha value is -1.27. The number of rotatable bonds is 4. The van der Waals surface area contributed by atoms with Crippen molar-refractivity contribution in [1.29, 1.82) is 0 Å². The summed E-state index contributed by atoms with van der Waals surface area (Å²) < 4.78 is 0.542. The molecule has 1 amide bonds. The fraction of sp³-hybridized carbons (Fsp3) is 0.400. The molecule has 0 aliphatic carbocycles. The van der Waals surface area contributed by atoms with Crippen LogP contribution in [-0.2, 0) is 0 Å². The van der Waals surface area contributed by atoms with E-state index in [2.05, 4.69) is 10.5 Å². The van der Waals surface area contributed by atoms with Gasteiger partial charge in [-0.3, -0.25) is 4.79 Å². The number of carbonyl (C=O) groups excluding carboxylic acids is 1. The molecule has 1 heterocycles. The number of nitrogens with one attached hydrogen (secondary N) is 1. The second-order valence-corrected chi connectivity index (χ2v) is 5.54. The van der Waals surface area contributed by atoms with Crippen LogP contribution in [0.25, 0.3) is 0 Å². The van der Waals surface area contributed by atoms with Gasteiger partial charge in [-0.05, 0) is 18.1 Å². The lowest BCUT2D eigenvalue weighted by molar-refractivity contribution is 0.0943. The van der Waals surface area contributed by atoms with Crippen LogP contribution in [0, 0.1) is 5.92 Å². The SMILES string of the molecule is CC(C)C(NC(=O)c1ccc(Cl)s1)C(N)=NO. The van der Waals surface area contributed by atoms with Crippen molar-refractivity contribution in [2.45, 2.75) is 19.9 Å². The Balaban J connectivity index is 2.78. The number of amides is 1. The molecule has 0 fully saturated rings. The molecule has 1 aromatic heterocycles. The van der Waals surface area contributed by atoms with Crippen LogP contribution < -0.4 is 11.1 Å². The van der Waals surface area contributed by atoms with E-state index in [1.54, 1.807) is 12.1 Å². The van der Waals surface area contributed by atoms with Crippen molar-refractivity contribution in [3.05, 3.63) is 21.3 Å². The Morgan fingerprint density at radius 3 is 2.65 bits per heavy atom. The molecular weight excluding hydrogens is 262 g/mol. The third-order valence-electron chi connectivity index (χ3n) is 2.18. The molecule has 94 valence electrons. The zero-order valence-corrected chi connectivity index (χ0v) is 11.0. The first-order valence-electron chi connectivity index (χ1n) is 4.99. The molecule has 1 atom stereocenters. The Morgan fingerprint density at radius 2 is 2.24 bits per heavy atom. The third kappa shape index (κ3) is 3.61. The van der Waals surface area contributed by atoms with Crippen molar-refractivity contribution in [3.63, 3.8) is 0 Å². The first-order valence-corrected chi connectivity index (χ1v) is 6.18. The van der Waals surface area contributed by atoms with Gasteiger partial charge in [0.25, 0.3) is 5.91 Å². The molecule has 1 aromatic rings. The summed E-state index contributed by atoms with van der Waals surface area (Å²) in [6.07, 6.45) is 0. The molecule has 5 nitrogen and oxygen atoms in total. The first kappa shape index (κ1) is 13.8. The second kappa shape index (κ2) is 5.88. The van der Waals surface area contributed by atoms with Crippen LogP contribution in [0.1, 0.15) is 23.5 Å². The van der Waals surface area contributed by atoms with Gasteiger partial charge in [-0.1, -0.05) is 30.6 Å². The van der Waals surface area contributed by atoms with Gasteiger partial charge in [-0.25, -0.2) is 0 Å². The number of amidine groups is 1. The number of nitrogens with two attached hydrogens (primary N) is 1. The number of halogens is 1. The second-order valence-electron chi connectivity index (χ2n) is 3.82. The Kier molecular flexibility index (Phi) is 4.77. The molecule has 17 heavy (non-hydrogen) atoms. The summed E-state index contributed by atoms with van der Waals surface area (Å²) in [7, 11) is 0. The van der Waals surface area contributed by atoms with Crippen molar-refractivity contribution in [1.82, 2.24) is 5.32 Å². The first-order chi connectivity index (χ1) is 7.95. The zero-order chi connectivity index (χ0) is 13.0. The number of thiophene rings is 1. The van der Waals surface area contributed by atoms with Gasteiger partial charge in [0, 0.05) is 0 Å². The van der Waals surface area contributed by atoms with Crippen molar-refractivity contribution >= 4 is 34.7 Å². The molecule has 0 saturated carbocycles. The number of nitrogens with zero attached hydrogens (tertiary/aromatic N) is 1. The Labute approximate surface area is 108 Å². The van der Waals surface area contributed by atoms with Gasteiger partial charge in [0.15, 0.2) is 5.84 Å².